The van der Waals surface area contributed by atoms with Gasteiger partial charge in [0, 0.05) is 17.6 Å². The maximum Gasteiger partial charge on any atom is 0.0473 e. The van der Waals surface area contributed by atoms with Crippen LogP contribution in [-0.2, 0) is 0 Å². The highest BCUT2D eigenvalue weighted by Gasteiger charge is 2.33. The van der Waals surface area contributed by atoms with Crippen molar-refractivity contribution < 1.29 is 0 Å². The van der Waals surface area contributed by atoms with Crippen molar-refractivity contribution in [3.63, 3.8) is 0 Å². The molecule has 0 bridgehead atoms. The Morgan fingerprint density at radius 1 is 1.29 bits per heavy atom. The molecule has 3 rings (SSSR count). The molecule has 0 N–H and O–H groups in total. The molecule has 1 fully saturated rings. The van der Waals surface area contributed by atoms with Crippen molar-refractivity contribution in [1.82, 2.24) is 0 Å². The first-order valence-electron chi connectivity index (χ1n) is 5.06. The van der Waals surface area contributed by atoms with Crippen molar-refractivity contribution in [3.8, 4) is 0 Å². The molecule has 2 heteroatoms. The van der Waals surface area contributed by atoms with Crippen LogP contribution in [0.15, 0.2) is 34.7 Å². The van der Waals surface area contributed by atoms with E-state index in [9.17, 15) is 0 Å². The fourth-order valence-corrected chi connectivity index (χ4v) is 9.54. The Morgan fingerprint density at radius 3 is 3.00 bits per heavy atom. The van der Waals surface area contributed by atoms with Crippen LogP contribution in [0.25, 0.3) is 0 Å². The Hall–Kier alpha value is -0.606. The quantitative estimate of drug-likeness (QED) is 0.428. The molecule has 0 spiro atoms. The minimum atomic E-state index is -0.418. The predicted molar refractivity (Wildman–Crippen MR) is 62.5 cm³/mol. The fourth-order valence-electron chi connectivity index (χ4n) is 2.61. The number of allylic oxidation sites excluding steroid dienone is 8. The summed E-state index contributed by atoms with van der Waals surface area (Å²) in [6.45, 7) is 4.87. The van der Waals surface area contributed by atoms with Gasteiger partial charge in [-0.1, -0.05) is 18.6 Å². The average molecular weight is 212 g/mol. The van der Waals surface area contributed by atoms with Crippen LogP contribution in [0.2, 0.25) is 24.2 Å². The Kier molecular flexibility index (Phi) is 1.82. The van der Waals surface area contributed by atoms with Gasteiger partial charge in [0.05, 0.1) is 0 Å². The van der Waals surface area contributed by atoms with Gasteiger partial charge in [-0.15, -0.1) is 5.54 Å². The molecule has 0 aromatic heterocycles. The van der Waals surface area contributed by atoms with Crippen molar-refractivity contribution >= 4 is 17.6 Å². The number of hydrogen-bond acceptors (Lipinski definition) is 0. The molecule has 1 saturated heterocycles. The van der Waals surface area contributed by atoms with Gasteiger partial charge in [-0.05, 0) is 0 Å². The molecule has 3 aliphatic rings. The van der Waals surface area contributed by atoms with Crippen LogP contribution >= 0.6 is 0 Å². The lowest BCUT2D eigenvalue weighted by molar-refractivity contribution is 1.15. The molecular weight excluding hydrogens is 200 g/mol. The van der Waals surface area contributed by atoms with Crippen LogP contribution in [-0.4, -0.2) is 17.6 Å². The van der Waals surface area contributed by atoms with E-state index in [2.05, 4.69) is 49.6 Å². The van der Waals surface area contributed by atoms with Crippen molar-refractivity contribution in [2.75, 3.05) is 0 Å². The van der Waals surface area contributed by atoms with Crippen LogP contribution in [0.4, 0.5) is 0 Å². The highest BCUT2D eigenvalue weighted by molar-refractivity contribution is 6.82. The van der Waals surface area contributed by atoms with E-state index in [1.54, 1.807) is 10.4 Å². The van der Waals surface area contributed by atoms with Crippen molar-refractivity contribution in [1.29, 1.82) is 0 Å². The summed E-state index contributed by atoms with van der Waals surface area (Å²) in [6.07, 6.45) is 16.0. The first-order valence-corrected chi connectivity index (χ1v) is 9.21. The van der Waals surface area contributed by atoms with Gasteiger partial charge in [-0.3, -0.25) is 12.2 Å². The van der Waals surface area contributed by atoms with Gasteiger partial charge in [0.1, 0.15) is 0 Å². The minimum Gasteiger partial charge on any atom is -0.272 e. The molecular formula is C12H12Si2-2. The van der Waals surface area contributed by atoms with Gasteiger partial charge in [0.15, 0.2) is 0 Å². The van der Waals surface area contributed by atoms with E-state index in [1.165, 1.54) is 0 Å². The highest BCUT2D eigenvalue weighted by Crippen LogP contribution is 2.47. The SMILES string of the molecule is C[Si]1C2=[C-]C=CC2[Si](C)C2=CC=[C-]C21. The van der Waals surface area contributed by atoms with Crippen molar-refractivity contribution in [3.05, 3.63) is 46.8 Å². The van der Waals surface area contributed by atoms with Crippen molar-refractivity contribution in [2.45, 2.75) is 24.2 Å². The number of fused-ring (bicyclic) bond motifs is 2. The molecule has 0 aromatic rings. The molecule has 1 heterocycles. The van der Waals surface area contributed by atoms with Gasteiger partial charge >= 0.3 is 0 Å². The smallest absolute Gasteiger partial charge is 0.0473 e. The second-order valence-corrected chi connectivity index (χ2v) is 9.20. The molecule has 2 atom stereocenters. The molecule has 0 saturated carbocycles. The Morgan fingerprint density at radius 2 is 2.14 bits per heavy atom. The Bertz CT molecular complexity index is 349. The molecule has 14 heavy (non-hydrogen) atoms. The number of hydrogen-bond donors (Lipinski definition) is 0. The molecule has 0 aromatic carbocycles. The predicted octanol–water partition coefficient (Wildman–Crippen LogP) is 2.67. The van der Waals surface area contributed by atoms with E-state index in [0.717, 1.165) is 5.54 Å². The zero-order valence-electron chi connectivity index (χ0n) is 8.46. The summed E-state index contributed by atoms with van der Waals surface area (Å²) in [7, 11) is -0.788. The summed E-state index contributed by atoms with van der Waals surface area (Å²) in [6, 6.07) is 0. The summed E-state index contributed by atoms with van der Waals surface area (Å²) < 4.78 is 0. The lowest BCUT2D eigenvalue weighted by Crippen LogP contribution is -2.37. The summed E-state index contributed by atoms with van der Waals surface area (Å²) >= 11 is 0. The van der Waals surface area contributed by atoms with Crippen LogP contribution in [0, 0.1) is 12.2 Å². The lowest BCUT2D eigenvalue weighted by atomic mass is 10.4. The van der Waals surface area contributed by atoms with Crippen LogP contribution in [0.1, 0.15) is 0 Å². The largest absolute Gasteiger partial charge is 0.272 e. The third-order valence-electron chi connectivity index (χ3n) is 3.46. The van der Waals surface area contributed by atoms with Gasteiger partial charge in [0.2, 0.25) is 0 Å². The molecule has 0 amide bonds. The second-order valence-electron chi connectivity index (χ2n) is 4.15. The van der Waals surface area contributed by atoms with E-state index in [-0.39, 0.29) is 8.80 Å². The molecule has 2 aliphatic carbocycles. The van der Waals surface area contributed by atoms with E-state index in [0.29, 0.717) is 5.54 Å². The molecule has 0 nitrogen and oxygen atoms in total. The van der Waals surface area contributed by atoms with Gasteiger partial charge < -0.3 is 0 Å². The third-order valence-corrected chi connectivity index (χ3v) is 9.46. The molecule has 2 radical (unpaired) electrons. The van der Waals surface area contributed by atoms with E-state index in [4.69, 9.17) is 0 Å². The van der Waals surface area contributed by atoms with Crippen LogP contribution < -0.4 is 0 Å². The van der Waals surface area contributed by atoms with Crippen molar-refractivity contribution in [2.24, 2.45) is 0 Å². The Balaban J connectivity index is 2.06. The fraction of sp³-hybridized carbons (Fsp3) is 0.333. The summed E-state index contributed by atoms with van der Waals surface area (Å²) in [5.74, 6) is 0. The van der Waals surface area contributed by atoms with Gasteiger partial charge in [-0.25, -0.2) is 24.3 Å². The van der Waals surface area contributed by atoms with Crippen LogP contribution in [0.5, 0.6) is 0 Å². The van der Waals surface area contributed by atoms with E-state index >= 15 is 0 Å². The van der Waals surface area contributed by atoms with Gasteiger partial charge in [0.25, 0.3) is 0 Å². The molecule has 2 unspecified atom stereocenters. The topological polar surface area (TPSA) is 0 Å². The average Bonchev–Trinajstić information content (AvgIpc) is 2.82. The first kappa shape index (κ1) is 8.68. The normalized spacial score (nSPS) is 35.6. The van der Waals surface area contributed by atoms with Crippen LogP contribution in [0.3, 0.4) is 0 Å². The third kappa shape index (κ3) is 0.983. The van der Waals surface area contributed by atoms with E-state index < -0.39 is 8.80 Å². The standard InChI is InChI=1S/C12H12Si2/c1-13-9-5-3-7-11(9)14(2)12-8-4-6-10(12)13/h3-6,9,12H,1-2H3/q-2. The van der Waals surface area contributed by atoms with Gasteiger partial charge in [-0.2, -0.15) is 10.4 Å². The second kappa shape index (κ2) is 2.94. The lowest BCUT2D eigenvalue weighted by Gasteiger charge is -2.45. The maximum atomic E-state index is 3.52. The zero-order valence-corrected chi connectivity index (χ0v) is 10.5. The molecule has 70 valence electrons. The maximum absolute atomic E-state index is 3.52. The van der Waals surface area contributed by atoms with E-state index in [1.807, 2.05) is 0 Å². The number of rotatable bonds is 0. The summed E-state index contributed by atoms with van der Waals surface area (Å²) in [5.41, 5.74) is 1.44. The minimum absolute atomic E-state index is 0.370. The first-order chi connectivity index (χ1) is 6.79. The molecule has 1 aliphatic heterocycles. The zero-order chi connectivity index (χ0) is 9.71. The monoisotopic (exact) mass is 212 g/mol. The summed E-state index contributed by atoms with van der Waals surface area (Å²) in [5, 5.41) is 3.35. The Labute approximate surface area is 88.9 Å². The highest BCUT2D eigenvalue weighted by atomic mass is 28.3. The summed E-state index contributed by atoms with van der Waals surface area (Å²) in [4.78, 5) is 0.